The van der Waals surface area contributed by atoms with Gasteiger partial charge in [-0.05, 0) is 49.2 Å². The summed E-state index contributed by atoms with van der Waals surface area (Å²) in [6.07, 6.45) is 2.64. The normalized spacial score (nSPS) is 10.1. The molecular formula is C28H33NO2. The number of hydrogen-bond donors (Lipinski definition) is 1. The predicted molar refractivity (Wildman–Crippen MR) is 133 cm³/mol. The van der Waals surface area contributed by atoms with Gasteiger partial charge < -0.3 is 4.98 Å². The number of para-hydroxylation sites is 1. The molecule has 0 saturated heterocycles. The summed E-state index contributed by atoms with van der Waals surface area (Å²) in [5.41, 5.74) is 4.51. The number of carbonyl (C=O) groups is 1. The van der Waals surface area contributed by atoms with Crippen molar-refractivity contribution in [1.82, 2.24) is 4.98 Å². The number of H-pyrrole nitrogens is 1. The summed E-state index contributed by atoms with van der Waals surface area (Å²) in [6, 6.07) is 18.6. The van der Waals surface area contributed by atoms with Crippen molar-refractivity contribution >= 4 is 27.6 Å². The maximum Gasteiger partial charge on any atom is 0.197 e. The molecule has 1 heterocycles. The first-order valence-electron chi connectivity index (χ1n) is 11.1. The van der Waals surface area contributed by atoms with Crippen molar-refractivity contribution < 1.29 is 4.79 Å². The number of aromatic amines is 1. The second-order valence-corrected chi connectivity index (χ2v) is 7.36. The third-order valence-electron chi connectivity index (χ3n) is 5.18. The van der Waals surface area contributed by atoms with Gasteiger partial charge in [0.25, 0.3) is 0 Å². The lowest BCUT2D eigenvalue weighted by molar-refractivity contribution is 0.103. The second kappa shape index (κ2) is 11.3. The number of rotatable bonds is 3. The Kier molecular flexibility index (Phi) is 8.75. The van der Waals surface area contributed by atoms with E-state index in [9.17, 15) is 9.59 Å². The Hall–Kier alpha value is -3.20. The molecule has 3 heteroatoms. The first kappa shape index (κ1) is 24.1. The molecule has 0 aliphatic carbocycles. The van der Waals surface area contributed by atoms with Crippen LogP contribution in [-0.4, -0.2) is 10.8 Å². The number of aromatic nitrogens is 1. The molecule has 0 spiro atoms. The lowest BCUT2D eigenvalue weighted by atomic mass is 9.94. The largest absolute Gasteiger partial charge is 0.354 e. The molecule has 0 saturated carbocycles. The molecule has 4 aromatic rings. The number of aryl methyl sites for hydroxylation is 2. The molecule has 1 aromatic heterocycles. The monoisotopic (exact) mass is 415 g/mol. The van der Waals surface area contributed by atoms with E-state index in [2.05, 4.69) is 18.8 Å². The Labute approximate surface area is 185 Å². The smallest absolute Gasteiger partial charge is 0.197 e. The van der Waals surface area contributed by atoms with E-state index in [0.717, 1.165) is 16.6 Å². The van der Waals surface area contributed by atoms with Crippen molar-refractivity contribution in [2.24, 2.45) is 0 Å². The molecule has 0 bridgehead atoms. The van der Waals surface area contributed by atoms with Crippen molar-refractivity contribution in [2.75, 3.05) is 0 Å². The summed E-state index contributed by atoms with van der Waals surface area (Å²) in [4.78, 5) is 29.0. The maximum absolute atomic E-state index is 13.0. The van der Waals surface area contributed by atoms with Gasteiger partial charge in [0, 0.05) is 27.4 Å². The number of nitrogens with one attached hydrogen (secondary N) is 1. The van der Waals surface area contributed by atoms with Crippen LogP contribution >= 0.6 is 0 Å². The first-order chi connectivity index (χ1) is 15.0. The number of hydrogen-bond acceptors (Lipinski definition) is 2. The molecule has 0 radical (unpaired) electrons. The highest BCUT2D eigenvalue weighted by Gasteiger charge is 2.16. The maximum atomic E-state index is 13.0. The lowest BCUT2D eigenvalue weighted by Gasteiger charge is -2.10. The van der Waals surface area contributed by atoms with E-state index >= 15 is 0 Å². The molecule has 0 atom stereocenters. The highest BCUT2D eigenvalue weighted by molar-refractivity contribution is 6.12. The van der Waals surface area contributed by atoms with Crippen LogP contribution in [0.4, 0.5) is 0 Å². The minimum absolute atomic E-state index is 0.0117. The van der Waals surface area contributed by atoms with Gasteiger partial charge in [-0.3, -0.25) is 9.59 Å². The Bertz CT molecular complexity index is 1230. The molecular weight excluding hydrogens is 382 g/mol. The molecule has 3 nitrogen and oxygen atoms in total. The molecule has 0 aliphatic heterocycles. The van der Waals surface area contributed by atoms with Crippen LogP contribution in [0.3, 0.4) is 0 Å². The zero-order valence-corrected chi connectivity index (χ0v) is 19.5. The molecule has 1 N–H and O–H groups in total. The number of carbonyl (C=O) groups excluding carboxylic acids is 1. The topological polar surface area (TPSA) is 49.9 Å². The van der Waals surface area contributed by atoms with Crippen LogP contribution in [0, 0.1) is 13.8 Å². The van der Waals surface area contributed by atoms with Crippen LogP contribution in [0.15, 0.2) is 65.5 Å². The van der Waals surface area contributed by atoms with E-state index in [1.165, 1.54) is 12.8 Å². The molecule has 0 fully saturated rings. The average Bonchev–Trinajstić information content (AvgIpc) is 2.81. The third-order valence-corrected chi connectivity index (χ3v) is 5.18. The predicted octanol–water partition coefficient (Wildman–Crippen LogP) is 7.36. The van der Waals surface area contributed by atoms with Gasteiger partial charge in [-0.1, -0.05) is 76.9 Å². The van der Waals surface area contributed by atoms with Crippen molar-refractivity contribution in [1.29, 1.82) is 0 Å². The summed E-state index contributed by atoms with van der Waals surface area (Å²) in [5.74, 6) is -0.0218. The van der Waals surface area contributed by atoms with Gasteiger partial charge in [0.05, 0.1) is 5.52 Å². The van der Waals surface area contributed by atoms with E-state index in [1.807, 2.05) is 82.3 Å². The van der Waals surface area contributed by atoms with Gasteiger partial charge >= 0.3 is 0 Å². The Balaban J connectivity index is 0.000000513. The second-order valence-electron chi connectivity index (χ2n) is 7.36. The van der Waals surface area contributed by atoms with E-state index in [4.69, 9.17) is 0 Å². The lowest BCUT2D eigenvalue weighted by Crippen LogP contribution is -2.09. The molecule has 162 valence electrons. The fourth-order valence-corrected chi connectivity index (χ4v) is 3.30. The fourth-order valence-electron chi connectivity index (χ4n) is 3.30. The van der Waals surface area contributed by atoms with E-state index in [0.29, 0.717) is 27.4 Å². The zero-order chi connectivity index (χ0) is 23.0. The zero-order valence-electron chi connectivity index (χ0n) is 19.5. The molecule has 31 heavy (non-hydrogen) atoms. The van der Waals surface area contributed by atoms with Crippen LogP contribution in [-0.2, 0) is 0 Å². The molecule has 0 amide bonds. The van der Waals surface area contributed by atoms with Crippen molar-refractivity contribution in [3.63, 3.8) is 0 Å². The minimum Gasteiger partial charge on any atom is -0.354 e. The minimum atomic E-state index is -0.0218. The highest BCUT2D eigenvalue weighted by Crippen LogP contribution is 2.22. The Morgan fingerprint density at radius 3 is 2.00 bits per heavy atom. The quantitative estimate of drug-likeness (QED) is 0.281. The molecule has 3 aromatic carbocycles. The molecule has 0 aliphatic rings. The summed E-state index contributed by atoms with van der Waals surface area (Å²) in [5, 5.41) is 1.27. The number of ketones is 1. The Morgan fingerprint density at radius 1 is 0.742 bits per heavy atom. The van der Waals surface area contributed by atoms with E-state index in [-0.39, 0.29) is 11.2 Å². The van der Waals surface area contributed by atoms with Gasteiger partial charge in [0.15, 0.2) is 11.2 Å². The fraction of sp³-hybridized carbons (Fsp3) is 0.286. The van der Waals surface area contributed by atoms with E-state index in [1.54, 1.807) is 6.07 Å². The highest BCUT2D eigenvalue weighted by atomic mass is 16.1. The SMILES string of the molecule is CC.CCCC.Cc1ccccc1C(=O)c1cc2[nH]c3ccccc3c(=O)c2cc1C. The molecule has 0 unspecified atom stereocenters. The number of pyridine rings is 1. The van der Waals surface area contributed by atoms with Crippen LogP contribution < -0.4 is 5.43 Å². The van der Waals surface area contributed by atoms with E-state index < -0.39 is 0 Å². The standard InChI is InChI=1S/C22H17NO2.C4H10.C2H6/c1-13-7-3-4-8-15(13)21(24)17-12-20-18(11-14(17)2)22(25)16-9-5-6-10-19(16)23-20;1-3-4-2;1-2/h3-12H,1-2H3,(H,23,25);3-4H2,1-2H3;1-2H3. The summed E-state index contributed by atoms with van der Waals surface area (Å²) >= 11 is 0. The first-order valence-corrected chi connectivity index (χ1v) is 11.1. The van der Waals surface area contributed by atoms with Gasteiger partial charge in [-0.2, -0.15) is 0 Å². The van der Waals surface area contributed by atoms with Gasteiger partial charge in [-0.25, -0.2) is 0 Å². The Morgan fingerprint density at radius 2 is 1.35 bits per heavy atom. The number of fused-ring (bicyclic) bond motifs is 2. The van der Waals surface area contributed by atoms with Crippen molar-refractivity contribution in [2.45, 2.75) is 54.4 Å². The number of unbranched alkanes of at least 4 members (excludes halogenated alkanes) is 1. The van der Waals surface area contributed by atoms with Crippen molar-refractivity contribution in [3.8, 4) is 0 Å². The average molecular weight is 416 g/mol. The van der Waals surface area contributed by atoms with Gasteiger partial charge in [0.2, 0.25) is 0 Å². The van der Waals surface area contributed by atoms with Crippen molar-refractivity contribution in [3.05, 3.63) is 93.1 Å². The molecule has 4 rings (SSSR count). The number of benzene rings is 3. The third kappa shape index (κ3) is 5.29. The van der Waals surface area contributed by atoms with Crippen LogP contribution in [0.2, 0.25) is 0 Å². The summed E-state index contributed by atoms with van der Waals surface area (Å²) in [7, 11) is 0. The van der Waals surface area contributed by atoms with Crippen LogP contribution in [0.1, 0.15) is 67.6 Å². The van der Waals surface area contributed by atoms with Crippen LogP contribution in [0.25, 0.3) is 21.8 Å². The summed E-state index contributed by atoms with van der Waals surface area (Å²) in [6.45, 7) is 12.2. The van der Waals surface area contributed by atoms with Gasteiger partial charge in [-0.15, -0.1) is 0 Å². The van der Waals surface area contributed by atoms with Crippen LogP contribution in [0.5, 0.6) is 0 Å². The summed E-state index contributed by atoms with van der Waals surface area (Å²) < 4.78 is 0. The van der Waals surface area contributed by atoms with Gasteiger partial charge in [0.1, 0.15) is 0 Å².